The smallest absolute Gasteiger partial charge is 0.254 e. The first-order valence-corrected chi connectivity index (χ1v) is 6.44. The van der Waals surface area contributed by atoms with E-state index in [0.717, 1.165) is 26.2 Å². The molecule has 0 aromatic heterocycles. The summed E-state index contributed by atoms with van der Waals surface area (Å²) in [6.45, 7) is 0.986. The Morgan fingerprint density at radius 2 is 1.78 bits per heavy atom. The monoisotopic (exact) mass is 252 g/mol. The van der Waals surface area contributed by atoms with E-state index in [4.69, 9.17) is 0 Å². The van der Waals surface area contributed by atoms with Gasteiger partial charge in [-0.05, 0) is 18.4 Å². The molecule has 0 N–H and O–H groups in total. The first-order chi connectivity index (χ1) is 8.51. The Kier molecular flexibility index (Phi) is 3.51. The second-order valence-electron chi connectivity index (χ2n) is 5.24. The highest BCUT2D eigenvalue weighted by Gasteiger charge is 2.51. The normalized spacial score (nSPS) is 19.5. The van der Waals surface area contributed by atoms with Crippen LogP contribution in [0.15, 0.2) is 24.3 Å². The van der Waals surface area contributed by atoms with Gasteiger partial charge in [0.15, 0.2) is 0 Å². The molecule has 98 valence electrons. The minimum absolute atomic E-state index is 0.404. The molecule has 0 aliphatic heterocycles. The van der Waals surface area contributed by atoms with E-state index in [9.17, 15) is 13.6 Å². The summed E-state index contributed by atoms with van der Waals surface area (Å²) in [6, 6.07) is 6.78. The molecule has 0 unspecified atom stereocenters. The Hall–Kier alpha value is -1.25. The highest BCUT2D eigenvalue weighted by molar-refractivity contribution is 5.78. The summed E-state index contributed by atoms with van der Waals surface area (Å²) in [4.78, 5) is 11.1. The molecule has 0 spiro atoms. The molecule has 1 aromatic carbocycles. The zero-order valence-electron chi connectivity index (χ0n) is 10.6. The van der Waals surface area contributed by atoms with E-state index < -0.39 is 11.3 Å². The van der Waals surface area contributed by atoms with Crippen LogP contribution in [0.1, 0.15) is 54.9 Å². The highest BCUT2D eigenvalue weighted by atomic mass is 19.3. The van der Waals surface area contributed by atoms with Gasteiger partial charge in [0, 0.05) is 12.5 Å². The number of carbonyl (C=O) groups excluding carboxylic acids is 1. The Labute approximate surface area is 106 Å². The number of carbonyl (C=O) groups is 1. The van der Waals surface area contributed by atoms with Gasteiger partial charge in [-0.15, -0.1) is 0 Å². The second-order valence-corrected chi connectivity index (χ2v) is 5.24. The Balaban J connectivity index is 2.56. The first kappa shape index (κ1) is 13.2. The SMILES string of the molecule is CC(F)(F)C1(c2ccccc2C=O)CCCCC1. The van der Waals surface area contributed by atoms with Crippen molar-refractivity contribution in [2.75, 3.05) is 0 Å². The maximum atomic E-state index is 14.1. The molecule has 0 heterocycles. The summed E-state index contributed by atoms with van der Waals surface area (Å²) in [5.41, 5.74) is -0.240. The van der Waals surface area contributed by atoms with Crippen molar-refractivity contribution in [3.63, 3.8) is 0 Å². The van der Waals surface area contributed by atoms with E-state index in [1.807, 2.05) is 0 Å². The summed E-state index contributed by atoms with van der Waals surface area (Å²) in [6.07, 6.45) is 4.22. The van der Waals surface area contributed by atoms with Gasteiger partial charge in [0.05, 0.1) is 5.41 Å². The van der Waals surface area contributed by atoms with Gasteiger partial charge >= 0.3 is 0 Å². The zero-order chi connectivity index (χ0) is 13.2. The van der Waals surface area contributed by atoms with Gasteiger partial charge in [0.2, 0.25) is 0 Å². The van der Waals surface area contributed by atoms with Crippen molar-refractivity contribution >= 4 is 6.29 Å². The van der Waals surface area contributed by atoms with Crippen LogP contribution in [0.5, 0.6) is 0 Å². The number of benzene rings is 1. The van der Waals surface area contributed by atoms with E-state index in [2.05, 4.69) is 0 Å². The quantitative estimate of drug-likeness (QED) is 0.731. The van der Waals surface area contributed by atoms with Crippen LogP contribution in [0, 0.1) is 0 Å². The molecule has 0 radical (unpaired) electrons. The molecule has 0 atom stereocenters. The molecule has 1 nitrogen and oxygen atoms in total. The van der Waals surface area contributed by atoms with Crippen LogP contribution in [0.3, 0.4) is 0 Å². The van der Waals surface area contributed by atoms with Crippen LogP contribution in [-0.2, 0) is 5.41 Å². The molecule has 2 rings (SSSR count). The molecule has 0 amide bonds. The van der Waals surface area contributed by atoms with Gasteiger partial charge in [0.1, 0.15) is 6.29 Å². The largest absolute Gasteiger partial charge is 0.298 e. The van der Waals surface area contributed by atoms with E-state index in [0.29, 0.717) is 30.3 Å². The molecule has 1 aromatic rings. The molecule has 0 saturated heterocycles. The molecule has 1 saturated carbocycles. The lowest BCUT2D eigenvalue weighted by Gasteiger charge is -2.42. The van der Waals surface area contributed by atoms with E-state index >= 15 is 0 Å². The van der Waals surface area contributed by atoms with Crippen LogP contribution >= 0.6 is 0 Å². The summed E-state index contributed by atoms with van der Waals surface area (Å²) in [5, 5.41) is 0. The Morgan fingerprint density at radius 3 is 2.33 bits per heavy atom. The maximum absolute atomic E-state index is 14.1. The van der Waals surface area contributed by atoms with Crippen molar-refractivity contribution in [3.05, 3.63) is 35.4 Å². The number of hydrogen-bond donors (Lipinski definition) is 0. The van der Waals surface area contributed by atoms with E-state index in [-0.39, 0.29) is 0 Å². The maximum Gasteiger partial charge on any atom is 0.254 e. The lowest BCUT2D eigenvalue weighted by Crippen LogP contribution is -2.45. The van der Waals surface area contributed by atoms with Crippen molar-refractivity contribution in [3.8, 4) is 0 Å². The third kappa shape index (κ3) is 2.06. The van der Waals surface area contributed by atoms with Crippen LogP contribution < -0.4 is 0 Å². The number of halogens is 2. The van der Waals surface area contributed by atoms with Crippen LogP contribution in [-0.4, -0.2) is 12.2 Å². The third-order valence-electron chi connectivity index (χ3n) is 4.15. The number of alkyl halides is 2. The lowest BCUT2D eigenvalue weighted by molar-refractivity contribution is -0.0778. The van der Waals surface area contributed by atoms with E-state index in [1.54, 1.807) is 24.3 Å². The minimum atomic E-state index is -2.80. The highest BCUT2D eigenvalue weighted by Crippen LogP contribution is 2.50. The minimum Gasteiger partial charge on any atom is -0.298 e. The molecule has 1 aliphatic carbocycles. The lowest BCUT2D eigenvalue weighted by atomic mass is 9.64. The summed E-state index contributed by atoms with van der Waals surface area (Å²) < 4.78 is 28.3. The standard InChI is InChI=1S/C15H18F2O/c1-14(16,17)15(9-5-2-6-10-15)13-8-4-3-7-12(13)11-18/h3-4,7-8,11H,2,5-6,9-10H2,1H3. The van der Waals surface area contributed by atoms with Crippen molar-refractivity contribution in [1.29, 1.82) is 0 Å². The number of aldehydes is 1. The first-order valence-electron chi connectivity index (χ1n) is 6.44. The average Bonchev–Trinajstić information content (AvgIpc) is 2.38. The van der Waals surface area contributed by atoms with Gasteiger partial charge in [-0.25, -0.2) is 8.78 Å². The molecule has 3 heteroatoms. The third-order valence-corrected chi connectivity index (χ3v) is 4.15. The van der Waals surface area contributed by atoms with Crippen molar-refractivity contribution in [2.45, 2.75) is 50.4 Å². The van der Waals surface area contributed by atoms with Gasteiger partial charge in [-0.2, -0.15) is 0 Å². The summed E-state index contributed by atoms with van der Waals surface area (Å²) in [7, 11) is 0. The predicted octanol–water partition coefficient (Wildman–Crippen LogP) is 4.36. The van der Waals surface area contributed by atoms with Gasteiger partial charge in [0.25, 0.3) is 5.92 Å². The fourth-order valence-electron chi connectivity index (χ4n) is 3.14. The predicted molar refractivity (Wildman–Crippen MR) is 67.2 cm³/mol. The fourth-order valence-corrected chi connectivity index (χ4v) is 3.14. The van der Waals surface area contributed by atoms with Crippen LogP contribution in [0.25, 0.3) is 0 Å². The van der Waals surface area contributed by atoms with Crippen molar-refractivity contribution < 1.29 is 13.6 Å². The molecule has 1 fully saturated rings. The topological polar surface area (TPSA) is 17.1 Å². The molecular weight excluding hydrogens is 234 g/mol. The Morgan fingerprint density at radius 1 is 1.17 bits per heavy atom. The fraction of sp³-hybridized carbons (Fsp3) is 0.533. The number of hydrogen-bond acceptors (Lipinski definition) is 1. The molecule has 0 bridgehead atoms. The van der Waals surface area contributed by atoms with Crippen LogP contribution in [0.2, 0.25) is 0 Å². The van der Waals surface area contributed by atoms with E-state index in [1.165, 1.54) is 0 Å². The molecule has 1 aliphatic rings. The van der Waals surface area contributed by atoms with Crippen LogP contribution in [0.4, 0.5) is 8.78 Å². The zero-order valence-corrected chi connectivity index (χ0v) is 10.6. The van der Waals surface area contributed by atoms with Crippen molar-refractivity contribution in [1.82, 2.24) is 0 Å². The Bertz CT molecular complexity index is 428. The summed E-state index contributed by atoms with van der Waals surface area (Å²) >= 11 is 0. The second kappa shape index (κ2) is 4.79. The van der Waals surface area contributed by atoms with Crippen molar-refractivity contribution in [2.24, 2.45) is 0 Å². The van der Waals surface area contributed by atoms with Gasteiger partial charge in [-0.1, -0.05) is 43.5 Å². The molecular formula is C15H18F2O. The average molecular weight is 252 g/mol. The van der Waals surface area contributed by atoms with Gasteiger partial charge < -0.3 is 0 Å². The molecule has 18 heavy (non-hydrogen) atoms. The van der Waals surface area contributed by atoms with Gasteiger partial charge in [-0.3, -0.25) is 4.79 Å². The number of rotatable bonds is 3. The summed E-state index contributed by atoms with van der Waals surface area (Å²) in [5.74, 6) is -2.80.